The maximum atomic E-state index is 11.8. The van der Waals surface area contributed by atoms with Crippen molar-refractivity contribution in [3.63, 3.8) is 0 Å². The van der Waals surface area contributed by atoms with Gasteiger partial charge in [-0.05, 0) is 6.42 Å². The zero-order valence-electron chi connectivity index (χ0n) is 10.4. The highest BCUT2D eigenvalue weighted by atomic mass is 16.1. The van der Waals surface area contributed by atoms with E-state index in [-0.39, 0.29) is 5.56 Å². The molecule has 0 aromatic carbocycles. The van der Waals surface area contributed by atoms with Gasteiger partial charge in [0.1, 0.15) is 11.0 Å². The van der Waals surface area contributed by atoms with Crippen LogP contribution in [0.3, 0.4) is 0 Å². The fourth-order valence-corrected chi connectivity index (χ4v) is 2.09. The molecule has 0 spiro atoms. The summed E-state index contributed by atoms with van der Waals surface area (Å²) in [5.41, 5.74) is 1.29. The van der Waals surface area contributed by atoms with E-state index < -0.39 is 0 Å². The van der Waals surface area contributed by atoms with Crippen molar-refractivity contribution in [2.75, 3.05) is 0 Å². The first-order valence-electron chi connectivity index (χ1n) is 6.22. The number of rotatable bonds is 5. The van der Waals surface area contributed by atoms with E-state index >= 15 is 0 Å². The number of aromatic nitrogens is 3. The monoisotopic (exact) mass is 244 g/mol. The molecule has 2 heterocycles. The molecule has 2 aromatic rings. The molecule has 1 N–H and O–H groups in total. The van der Waals surface area contributed by atoms with Gasteiger partial charge in [0.25, 0.3) is 5.56 Å². The minimum Gasteiger partial charge on any atom is -0.353 e. The van der Waals surface area contributed by atoms with Gasteiger partial charge in [-0.1, -0.05) is 26.2 Å². The van der Waals surface area contributed by atoms with E-state index in [4.69, 9.17) is 6.57 Å². The Morgan fingerprint density at radius 1 is 1.44 bits per heavy atom. The maximum absolute atomic E-state index is 11.8. The zero-order valence-corrected chi connectivity index (χ0v) is 10.4. The van der Waals surface area contributed by atoms with Gasteiger partial charge in [-0.25, -0.2) is 9.83 Å². The van der Waals surface area contributed by atoms with Gasteiger partial charge in [-0.2, -0.15) is 0 Å². The smallest absolute Gasteiger partial charge is 0.273 e. The van der Waals surface area contributed by atoms with Crippen LogP contribution in [0, 0.1) is 6.57 Å². The van der Waals surface area contributed by atoms with Crippen LogP contribution in [0.25, 0.3) is 15.9 Å². The number of unbranched alkanes of at least 4 members (excludes halogenated alkanes) is 3. The molecule has 18 heavy (non-hydrogen) atoms. The van der Waals surface area contributed by atoms with E-state index in [2.05, 4.69) is 21.7 Å². The molecule has 0 aliphatic rings. The van der Waals surface area contributed by atoms with Crippen LogP contribution in [0.4, 0.5) is 5.69 Å². The van der Waals surface area contributed by atoms with Crippen LogP contribution in [0.1, 0.15) is 32.6 Å². The zero-order chi connectivity index (χ0) is 13.0. The van der Waals surface area contributed by atoms with E-state index in [9.17, 15) is 4.79 Å². The van der Waals surface area contributed by atoms with Crippen molar-refractivity contribution in [3.05, 3.63) is 34.3 Å². The fraction of sp³-hybridized carbons (Fsp3) is 0.462. The van der Waals surface area contributed by atoms with Crippen molar-refractivity contribution in [3.8, 4) is 0 Å². The summed E-state index contributed by atoms with van der Waals surface area (Å²) in [7, 11) is 0. The molecule has 0 radical (unpaired) electrons. The quantitative estimate of drug-likeness (QED) is 0.649. The third-order valence-electron chi connectivity index (χ3n) is 3.01. The fourth-order valence-electron chi connectivity index (χ4n) is 2.09. The lowest BCUT2D eigenvalue weighted by atomic mass is 10.2. The number of hydrogen-bond acceptors (Lipinski definition) is 2. The molecule has 0 bridgehead atoms. The Hall–Kier alpha value is -2.09. The van der Waals surface area contributed by atoms with Gasteiger partial charge in [0.2, 0.25) is 5.69 Å². The lowest BCUT2D eigenvalue weighted by molar-refractivity contribution is 0.593. The number of hydrogen-bond donors (Lipinski definition) is 1. The standard InChI is InChI=1S/C13H16N4O/c1-3-4-5-6-7-17-8-10(14-2)11-12(17)13(18)16-9-15-11/h8-9H,3-7H2,1H3,(H,15,16,18). The van der Waals surface area contributed by atoms with Gasteiger partial charge in [-0.15, -0.1) is 0 Å². The molecule has 0 unspecified atom stereocenters. The van der Waals surface area contributed by atoms with Crippen molar-refractivity contribution < 1.29 is 0 Å². The average Bonchev–Trinajstić information content (AvgIpc) is 2.74. The first-order valence-corrected chi connectivity index (χ1v) is 6.22. The third kappa shape index (κ3) is 2.28. The van der Waals surface area contributed by atoms with Crippen molar-refractivity contribution >= 4 is 16.7 Å². The summed E-state index contributed by atoms with van der Waals surface area (Å²) in [6.07, 6.45) is 7.61. The van der Waals surface area contributed by atoms with Crippen molar-refractivity contribution in [1.82, 2.24) is 14.5 Å². The van der Waals surface area contributed by atoms with E-state index in [0.717, 1.165) is 19.4 Å². The number of aryl methyl sites for hydroxylation is 1. The maximum Gasteiger partial charge on any atom is 0.273 e. The molecule has 0 atom stereocenters. The number of nitrogens with one attached hydrogen (secondary N) is 1. The van der Waals surface area contributed by atoms with Crippen molar-refractivity contribution in [2.45, 2.75) is 39.2 Å². The number of H-pyrrole nitrogens is 1. The predicted octanol–water partition coefficient (Wildman–Crippen LogP) is 2.86. The Kier molecular flexibility index (Phi) is 3.78. The van der Waals surface area contributed by atoms with Crippen LogP contribution in [0.15, 0.2) is 17.3 Å². The first kappa shape index (κ1) is 12.4. The molecule has 94 valence electrons. The summed E-state index contributed by atoms with van der Waals surface area (Å²) in [5.74, 6) is 0. The van der Waals surface area contributed by atoms with Crippen LogP contribution < -0.4 is 5.56 Å². The Labute approximate surface area is 105 Å². The molecule has 5 heteroatoms. The highest BCUT2D eigenvalue weighted by Crippen LogP contribution is 2.24. The van der Waals surface area contributed by atoms with Gasteiger partial charge < -0.3 is 9.55 Å². The van der Waals surface area contributed by atoms with Crippen molar-refractivity contribution in [1.29, 1.82) is 0 Å². The molecule has 5 nitrogen and oxygen atoms in total. The van der Waals surface area contributed by atoms with E-state index in [0.29, 0.717) is 16.7 Å². The molecule has 0 fully saturated rings. The lowest BCUT2D eigenvalue weighted by Crippen LogP contribution is -2.11. The van der Waals surface area contributed by atoms with Crippen LogP contribution in [-0.4, -0.2) is 14.5 Å². The van der Waals surface area contributed by atoms with Gasteiger partial charge in [0.05, 0.1) is 12.9 Å². The number of fused-ring (bicyclic) bond motifs is 1. The van der Waals surface area contributed by atoms with E-state index in [1.807, 2.05) is 4.57 Å². The number of nitrogens with zero attached hydrogens (tertiary/aromatic N) is 3. The molecule has 0 aliphatic carbocycles. The van der Waals surface area contributed by atoms with Crippen LogP contribution in [0.2, 0.25) is 0 Å². The molecular formula is C13H16N4O. The van der Waals surface area contributed by atoms with Crippen LogP contribution >= 0.6 is 0 Å². The van der Waals surface area contributed by atoms with Crippen molar-refractivity contribution in [2.24, 2.45) is 0 Å². The minimum atomic E-state index is -0.176. The summed E-state index contributed by atoms with van der Waals surface area (Å²) >= 11 is 0. The second-order valence-corrected chi connectivity index (χ2v) is 4.31. The molecule has 0 aliphatic heterocycles. The summed E-state index contributed by atoms with van der Waals surface area (Å²) in [6, 6.07) is 0. The highest BCUT2D eigenvalue weighted by Gasteiger charge is 2.12. The van der Waals surface area contributed by atoms with Gasteiger partial charge in [-0.3, -0.25) is 4.79 Å². The van der Waals surface area contributed by atoms with E-state index in [1.165, 1.54) is 19.2 Å². The summed E-state index contributed by atoms with van der Waals surface area (Å²) < 4.78 is 1.85. The van der Waals surface area contributed by atoms with Crippen LogP contribution in [0.5, 0.6) is 0 Å². The minimum absolute atomic E-state index is 0.176. The highest BCUT2D eigenvalue weighted by molar-refractivity contribution is 5.89. The van der Waals surface area contributed by atoms with E-state index in [1.54, 1.807) is 6.20 Å². The Morgan fingerprint density at radius 3 is 3.00 bits per heavy atom. The molecule has 0 amide bonds. The summed E-state index contributed by atoms with van der Waals surface area (Å²) in [6.45, 7) is 10.0. The molecule has 0 saturated carbocycles. The SMILES string of the molecule is [C-]#[N+]c1cn(CCCCCC)c2c(=O)[nH]cnc12. The third-order valence-corrected chi connectivity index (χ3v) is 3.01. The van der Waals surface area contributed by atoms with Gasteiger partial charge >= 0.3 is 0 Å². The van der Waals surface area contributed by atoms with Crippen LogP contribution in [-0.2, 0) is 6.54 Å². The lowest BCUT2D eigenvalue weighted by Gasteiger charge is -2.03. The van der Waals surface area contributed by atoms with Gasteiger partial charge in [0.15, 0.2) is 0 Å². The Bertz CT molecular complexity index is 632. The summed E-state index contributed by atoms with van der Waals surface area (Å²) in [5, 5.41) is 0. The molecular weight excluding hydrogens is 228 g/mol. The second kappa shape index (κ2) is 5.50. The number of aromatic amines is 1. The largest absolute Gasteiger partial charge is 0.353 e. The average molecular weight is 244 g/mol. The Morgan fingerprint density at radius 2 is 2.28 bits per heavy atom. The van der Waals surface area contributed by atoms with Gasteiger partial charge in [0, 0.05) is 12.7 Å². The first-order chi connectivity index (χ1) is 8.77. The second-order valence-electron chi connectivity index (χ2n) is 4.31. The predicted molar refractivity (Wildman–Crippen MR) is 70.8 cm³/mol. The Balaban J connectivity index is 2.33. The normalized spacial score (nSPS) is 10.7. The topological polar surface area (TPSA) is 55.0 Å². The molecule has 2 rings (SSSR count). The molecule has 2 aromatic heterocycles. The molecule has 0 saturated heterocycles. The summed E-state index contributed by atoms with van der Waals surface area (Å²) in [4.78, 5) is 21.9.